The molecule has 0 saturated carbocycles. The van der Waals surface area contributed by atoms with Crippen molar-refractivity contribution in [1.82, 2.24) is 4.90 Å². The lowest BCUT2D eigenvalue weighted by molar-refractivity contribution is 0.0240. The molecule has 0 aliphatic carbocycles. The van der Waals surface area contributed by atoms with Crippen LogP contribution in [-0.2, 0) is 0 Å². The molecular formula is C17H25NO5. The summed E-state index contributed by atoms with van der Waals surface area (Å²) in [6, 6.07) is 4.98. The third-order valence-corrected chi connectivity index (χ3v) is 3.95. The second-order valence-corrected chi connectivity index (χ2v) is 5.94. The van der Waals surface area contributed by atoms with Crippen molar-refractivity contribution in [3.05, 3.63) is 23.8 Å². The average molecular weight is 323 g/mol. The number of carbonyl (C=O) groups is 1. The van der Waals surface area contributed by atoms with Crippen molar-refractivity contribution >= 4 is 5.78 Å². The van der Waals surface area contributed by atoms with Gasteiger partial charge in [-0.15, -0.1) is 0 Å². The monoisotopic (exact) mass is 323 g/mol. The Kier molecular flexibility index (Phi) is 6.38. The van der Waals surface area contributed by atoms with Crippen molar-refractivity contribution in [1.29, 1.82) is 0 Å². The van der Waals surface area contributed by atoms with Crippen LogP contribution in [0.25, 0.3) is 0 Å². The second-order valence-electron chi connectivity index (χ2n) is 5.94. The SMILES string of the molecule is COc1cc(C(C)=O)ccc1OC[C@@H](O)CN1CCC[C@H](O)C1. The number of carbonyl (C=O) groups excluding carboxylic acids is 1. The topological polar surface area (TPSA) is 79.2 Å². The number of methoxy groups -OCH3 is 1. The predicted molar refractivity (Wildman–Crippen MR) is 86.2 cm³/mol. The van der Waals surface area contributed by atoms with Gasteiger partial charge in [0, 0.05) is 18.7 Å². The molecule has 0 unspecified atom stereocenters. The molecule has 23 heavy (non-hydrogen) atoms. The number of Topliss-reactive ketones (excluding diaryl/α,β-unsaturated/α-hetero) is 1. The highest BCUT2D eigenvalue weighted by Crippen LogP contribution is 2.28. The molecule has 1 aliphatic rings. The van der Waals surface area contributed by atoms with E-state index in [2.05, 4.69) is 0 Å². The molecule has 2 atom stereocenters. The number of benzene rings is 1. The van der Waals surface area contributed by atoms with Crippen molar-refractivity contribution < 1.29 is 24.5 Å². The molecule has 0 radical (unpaired) electrons. The van der Waals surface area contributed by atoms with Crippen LogP contribution in [0.2, 0.25) is 0 Å². The molecule has 1 heterocycles. The summed E-state index contributed by atoms with van der Waals surface area (Å²) in [4.78, 5) is 13.4. The minimum Gasteiger partial charge on any atom is -0.493 e. The average Bonchev–Trinajstić information content (AvgIpc) is 2.52. The first-order valence-corrected chi connectivity index (χ1v) is 7.90. The molecule has 2 N–H and O–H groups in total. The van der Waals surface area contributed by atoms with Gasteiger partial charge in [-0.25, -0.2) is 0 Å². The van der Waals surface area contributed by atoms with Crippen LogP contribution < -0.4 is 9.47 Å². The molecule has 1 saturated heterocycles. The van der Waals surface area contributed by atoms with Gasteiger partial charge in [0.05, 0.1) is 13.2 Å². The Morgan fingerprint density at radius 1 is 1.43 bits per heavy atom. The minimum absolute atomic E-state index is 0.0430. The normalized spacial score (nSPS) is 20.1. The van der Waals surface area contributed by atoms with Gasteiger partial charge < -0.3 is 19.7 Å². The lowest BCUT2D eigenvalue weighted by Crippen LogP contribution is -2.43. The summed E-state index contributed by atoms with van der Waals surface area (Å²) >= 11 is 0. The molecule has 2 rings (SSSR count). The zero-order chi connectivity index (χ0) is 16.8. The molecule has 6 nitrogen and oxygen atoms in total. The summed E-state index contributed by atoms with van der Waals surface area (Å²) in [7, 11) is 1.51. The first-order valence-electron chi connectivity index (χ1n) is 7.90. The Morgan fingerprint density at radius 3 is 2.87 bits per heavy atom. The Labute approximate surface area is 136 Å². The van der Waals surface area contributed by atoms with Gasteiger partial charge >= 0.3 is 0 Å². The first-order chi connectivity index (χ1) is 11.0. The third kappa shape index (κ3) is 5.20. The highest BCUT2D eigenvalue weighted by Gasteiger charge is 2.20. The van der Waals surface area contributed by atoms with Gasteiger partial charge in [0.2, 0.25) is 0 Å². The first kappa shape index (κ1) is 17.7. The van der Waals surface area contributed by atoms with Crippen molar-refractivity contribution in [3.8, 4) is 11.5 Å². The smallest absolute Gasteiger partial charge is 0.161 e. The van der Waals surface area contributed by atoms with Crippen molar-refractivity contribution in [3.63, 3.8) is 0 Å². The maximum absolute atomic E-state index is 11.4. The molecule has 1 fully saturated rings. The minimum atomic E-state index is -0.655. The van der Waals surface area contributed by atoms with E-state index in [0.29, 0.717) is 30.2 Å². The summed E-state index contributed by atoms with van der Waals surface area (Å²) in [6.45, 7) is 3.55. The Balaban J connectivity index is 1.88. The highest BCUT2D eigenvalue weighted by atomic mass is 16.5. The number of aliphatic hydroxyl groups is 2. The molecule has 1 aromatic carbocycles. The zero-order valence-corrected chi connectivity index (χ0v) is 13.7. The Morgan fingerprint density at radius 2 is 2.22 bits per heavy atom. The maximum Gasteiger partial charge on any atom is 0.161 e. The van der Waals surface area contributed by atoms with Crippen LogP contribution in [0.4, 0.5) is 0 Å². The number of hydrogen-bond donors (Lipinski definition) is 2. The number of aliphatic hydroxyl groups excluding tert-OH is 2. The van der Waals surface area contributed by atoms with Crippen molar-refractivity contribution in [2.75, 3.05) is 33.4 Å². The molecule has 1 aliphatic heterocycles. The van der Waals surface area contributed by atoms with Crippen LogP contribution in [0.5, 0.6) is 11.5 Å². The fourth-order valence-corrected chi connectivity index (χ4v) is 2.74. The summed E-state index contributed by atoms with van der Waals surface area (Å²) in [5, 5.41) is 19.8. The van der Waals surface area contributed by atoms with E-state index < -0.39 is 6.10 Å². The molecule has 0 spiro atoms. The van der Waals surface area contributed by atoms with E-state index in [0.717, 1.165) is 19.4 Å². The molecule has 0 aromatic heterocycles. The van der Waals surface area contributed by atoms with E-state index in [1.165, 1.54) is 14.0 Å². The summed E-state index contributed by atoms with van der Waals surface area (Å²) in [6.07, 6.45) is 0.797. The fraction of sp³-hybridized carbons (Fsp3) is 0.588. The van der Waals surface area contributed by atoms with Crippen LogP contribution >= 0.6 is 0 Å². The van der Waals surface area contributed by atoms with Crippen LogP contribution in [0, 0.1) is 0 Å². The van der Waals surface area contributed by atoms with Gasteiger partial charge in [-0.2, -0.15) is 0 Å². The Hall–Kier alpha value is -1.63. The number of rotatable bonds is 7. The number of nitrogens with zero attached hydrogens (tertiary/aromatic N) is 1. The number of ether oxygens (including phenoxy) is 2. The van der Waals surface area contributed by atoms with Crippen molar-refractivity contribution in [2.24, 2.45) is 0 Å². The number of likely N-dealkylation sites (tertiary alicyclic amines) is 1. The second kappa shape index (κ2) is 8.29. The number of β-amino-alcohol motifs (C(OH)–C–C–N with tert-alkyl or cyclic N) is 2. The molecular weight excluding hydrogens is 298 g/mol. The summed E-state index contributed by atoms with van der Waals surface area (Å²) < 4.78 is 10.8. The number of hydrogen-bond acceptors (Lipinski definition) is 6. The molecule has 0 bridgehead atoms. The zero-order valence-electron chi connectivity index (χ0n) is 13.7. The lowest BCUT2D eigenvalue weighted by Gasteiger charge is -2.31. The standard InChI is InChI=1S/C17H25NO5/c1-12(19)13-5-6-16(17(8-13)22-2)23-11-15(21)10-18-7-3-4-14(20)9-18/h5-6,8,14-15,20-21H,3-4,7,9-11H2,1-2H3/t14-,15-/m0/s1. The number of ketones is 1. The van der Waals surface area contributed by atoms with E-state index >= 15 is 0 Å². The summed E-state index contributed by atoms with van der Waals surface area (Å²) in [5.74, 6) is 0.923. The maximum atomic E-state index is 11.4. The van der Waals surface area contributed by atoms with E-state index in [1.54, 1.807) is 18.2 Å². The van der Waals surface area contributed by atoms with Gasteiger partial charge in [0.25, 0.3) is 0 Å². The van der Waals surface area contributed by atoms with Crippen LogP contribution in [0.15, 0.2) is 18.2 Å². The molecule has 1 aromatic rings. The highest BCUT2D eigenvalue weighted by molar-refractivity contribution is 5.94. The molecule has 0 amide bonds. The van der Waals surface area contributed by atoms with Gasteiger partial charge in [-0.3, -0.25) is 9.69 Å². The summed E-state index contributed by atoms with van der Waals surface area (Å²) in [5.41, 5.74) is 0.553. The number of piperidine rings is 1. The van der Waals surface area contributed by atoms with E-state index in [9.17, 15) is 15.0 Å². The van der Waals surface area contributed by atoms with Gasteiger partial charge in [-0.1, -0.05) is 0 Å². The third-order valence-electron chi connectivity index (χ3n) is 3.95. The fourth-order valence-electron chi connectivity index (χ4n) is 2.74. The van der Waals surface area contributed by atoms with Gasteiger partial charge in [0.1, 0.15) is 12.7 Å². The molecule has 128 valence electrons. The largest absolute Gasteiger partial charge is 0.493 e. The van der Waals surface area contributed by atoms with Crippen LogP contribution in [-0.4, -0.2) is 66.5 Å². The Bertz CT molecular complexity index is 534. The van der Waals surface area contributed by atoms with Crippen LogP contribution in [0.1, 0.15) is 30.1 Å². The van der Waals surface area contributed by atoms with E-state index in [1.807, 2.05) is 4.90 Å². The quantitative estimate of drug-likeness (QED) is 0.732. The predicted octanol–water partition coefficient (Wildman–Crippen LogP) is 1.09. The van der Waals surface area contributed by atoms with Gasteiger partial charge in [-0.05, 0) is 44.5 Å². The van der Waals surface area contributed by atoms with Crippen molar-refractivity contribution in [2.45, 2.75) is 32.0 Å². The van der Waals surface area contributed by atoms with E-state index in [4.69, 9.17) is 9.47 Å². The van der Waals surface area contributed by atoms with Gasteiger partial charge in [0.15, 0.2) is 17.3 Å². The van der Waals surface area contributed by atoms with Crippen LogP contribution in [0.3, 0.4) is 0 Å². The lowest BCUT2D eigenvalue weighted by atomic mass is 10.1. The molecule has 6 heteroatoms. The van der Waals surface area contributed by atoms with E-state index in [-0.39, 0.29) is 18.5 Å².